The third-order valence-corrected chi connectivity index (χ3v) is 3.76. The Morgan fingerprint density at radius 2 is 2.12 bits per heavy atom. The van der Waals surface area contributed by atoms with Gasteiger partial charge in [0.05, 0.1) is 5.69 Å². The van der Waals surface area contributed by atoms with Crippen LogP contribution < -0.4 is 0 Å². The molecule has 1 aromatic rings. The number of aromatic nitrogens is 1. The van der Waals surface area contributed by atoms with Gasteiger partial charge in [-0.1, -0.05) is 24.6 Å². The lowest BCUT2D eigenvalue weighted by atomic mass is 9.94. The Morgan fingerprint density at radius 3 is 2.62 bits per heavy atom. The van der Waals surface area contributed by atoms with E-state index < -0.39 is 0 Å². The van der Waals surface area contributed by atoms with Crippen molar-refractivity contribution in [3.63, 3.8) is 0 Å². The molecule has 1 aliphatic carbocycles. The zero-order chi connectivity index (χ0) is 11.7. The average molecular weight is 213 g/mol. The van der Waals surface area contributed by atoms with Gasteiger partial charge in [0.2, 0.25) is 0 Å². The summed E-state index contributed by atoms with van der Waals surface area (Å²) in [6, 6.07) is 4.26. The molecule has 2 rings (SSSR count). The van der Waals surface area contributed by atoms with Gasteiger partial charge >= 0.3 is 0 Å². The lowest BCUT2D eigenvalue weighted by Gasteiger charge is -2.10. The van der Waals surface area contributed by atoms with Crippen LogP contribution in [-0.4, -0.2) is 4.98 Å². The third kappa shape index (κ3) is 1.82. The topological polar surface area (TPSA) is 12.9 Å². The van der Waals surface area contributed by atoms with E-state index in [0.29, 0.717) is 11.8 Å². The van der Waals surface area contributed by atoms with Gasteiger partial charge in [0.25, 0.3) is 0 Å². The highest BCUT2D eigenvalue weighted by Gasteiger charge is 2.27. The summed E-state index contributed by atoms with van der Waals surface area (Å²) in [4.78, 5) is 4.52. The smallest absolute Gasteiger partial charge is 0.0661 e. The number of rotatable bonds is 2. The van der Waals surface area contributed by atoms with E-state index in [1.54, 1.807) is 0 Å². The second-order valence-electron chi connectivity index (χ2n) is 4.77. The molecule has 0 aliphatic heterocycles. The van der Waals surface area contributed by atoms with Crippen LogP contribution in [0.2, 0.25) is 0 Å². The molecule has 0 bridgehead atoms. The number of aryl methyl sites for hydroxylation is 1. The molecule has 0 aromatic carbocycles. The second-order valence-corrected chi connectivity index (χ2v) is 4.77. The van der Waals surface area contributed by atoms with Gasteiger partial charge in [-0.2, -0.15) is 0 Å². The van der Waals surface area contributed by atoms with Crippen molar-refractivity contribution in [1.29, 1.82) is 0 Å². The van der Waals surface area contributed by atoms with Crippen LogP contribution in [0, 0.1) is 18.8 Å². The molecule has 84 valence electrons. The number of pyridine rings is 1. The highest BCUT2D eigenvalue weighted by molar-refractivity contribution is 5.69. The Morgan fingerprint density at radius 1 is 1.38 bits per heavy atom. The first-order valence-electron chi connectivity index (χ1n) is 5.88. The van der Waals surface area contributed by atoms with E-state index in [1.807, 2.05) is 6.20 Å². The van der Waals surface area contributed by atoms with E-state index >= 15 is 0 Å². The molecule has 16 heavy (non-hydrogen) atoms. The monoisotopic (exact) mass is 213 g/mol. The van der Waals surface area contributed by atoms with Crippen molar-refractivity contribution < 1.29 is 0 Å². The lowest BCUT2D eigenvalue weighted by Crippen LogP contribution is -2.01. The predicted octanol–water partition coefficient (Wildman–Crippen LogP) is 4.01. The molecule has 1 aliphatic rings. The van der Waals surface area contributed by atoms with E-state index in [4.69, 9.17) is 0 Å². The van der Waals surface area contributed by atoms with Crippen LogP contribution in [0.5, 0.6) is 0 Å². The van der Waals surface area contributed by atoms with Gasteiger partial charge in [-0.15, -0.1) is 6.58 Å². The number of hydrogen-bond donors (Lipinski definition) is 0. The highest BCUT2D eigenvalue weighted by atomic mass is 14.7. The molecule has 0 saturated heterocycles. The number of allylic oxidation sites excluding steroid dienone is 3. The summed E-state index contributed by atoms with van der Waals surface area (Å²) < 4.78 is 0. The molecule has 0 saturated carbocycles. The normalized spacial score (nSPS) is 24.9. The maximum atomic E-state index is 4.52. The molecular formula is C15H19N. The zero-order valence-corrected chi connectivity index (χ0v) is 10.3. The number of hydrogen-bond acceptors (Lipinski definition) is 1. The predicted molar refractivity (Wildman–Crippen MR) is 69.0 cm³/mol. The fourth-order valence-corrected chi connectivity index (χ4v) is 2.41. The largest absolute Gasteiger partial charge is 0.256 e. The van der Waals surface area contributed by atoms with Crippen molar-refractivity contribution in [1.82, 2.24) is 4.98 Å². The van der Waals surface area contributed by atoms with E-state index in [2.05, 4.69) is 50.5 Å². The molecule has 0 amide bonds. The summed E-state index contributed by atoms with van der Waals surface area (Å²) in [5, 5.41) is 0. The number of nitrogens with zero attached hydrogens (tertiary/aromatic N) is 1. The SMILES string of the molecule is C=C[C@@H]1CC(c2ccc(C)cn2)=C(C)[C@H]1C. The minimum Gasteiger partial charge on any atom is -0.256 e. The Kier molecular flexibility index (Phi) is 2.95. The van der Waals surface area contributed by atoms with E-state index in [-0.39, 0.29) is 0 Å². The summed E-state index contributed by atoms with van der Waals surface area (Å²) >= 11 is 0. The van der Waals surface area contributed by atoms with Crippen LogP contribution in [0.1, 0.15) is 31.5 Å². The van der Waals surface area contributed by atoms with Crippen molar-refractivity contribution in [3.05, 3.63) is 47.8 Å². The lowest BCUT2D eigenvalue weighted by molar-refractivity contribution is 0.536. The van der Waals surface area contributed by atoms with Gasteiger partial charge in [-0.3, -0.25) is 4.98 Å². The molecule has 0 N–H and O–H groups in total. The van der Waals surface area contributed by atoms with Gasteiger partial charge in [0, 0.05) is 6.20 Å². The fourth-order valence-electron chi connectivity index (χ4n) is 2.41. The van der Waals surface area contributed by atoms with Crippen LogP contribution >= 0.6 is 0 Å². The summed E-state index contributed by atoms with van der Waals surface area (Å²) in [6.07, 6.45) is 5.11. The Balaban J connectivity index is 2.35. The highest BCUT2D eigenvalue weighted by Crippen LogP contribution is 2.41. The molecule has 1 heterocycles. The van der Waals surface area contributed by atoms with Crippen LogP contribution in [0.3, 0.4) is 0 Å². The Bertz CT molecular complexity index is 425. The molecule has 1 aromatic heterocycles. The Labute approximate surface area is 97.9 Å². The molecule has 0 spiro atoms. The van der Waals surface area contributed by atoms with Crippen molar-refractivity contribution in [2.45, 2.75) is 27.2 Å². The van der Waals surface area contributed by atoms with Crippen LogP contribution in [-0.2, 0) is 0 Å². The van der Waals surface area contributed by atoms with Gasteiger partial charge < -0.3 is 0 Å². The van der Waals surface area contributed by atoms with Crippen molar-refractivity contribution >= 4 is 5.57 Å². The summed E-state index contributed by atoms with van der Waals surface area (Å²) in [6.45, 7) is 10.5. The average Bonchev–Trinajstić information content (AvgIpc) is 2.57. The first kappa shape index (κ1) is 11.1. The first-order chi connectivity index (χ1) is 7.63. The molecule has 0 fully saturated rings. The minimum absolute atomic E-state index is 0.582. The third-order valence-electron chi connectivity index (χ3n) is 3.76. The van der Waals surface area contributed by atoms with Crippen LogP contribution in [0.4, 0.5) is 0 Å². The van der Waals surface area contributed by atoms with E-state index in [0.717, 1.165) is 12.1 Å². The quantitative estimate of drug-likeness (QED) is 0.676. The van der Waals surface area contributed by atoms with E-state index in [1.165, 1.54) is 16.7 Å². The maximum absolute atomic E-state index is 4.52. The van der Waals surface area contributed by atoms with E-state index in [9.17, 15) is 0 Å². The summed E-state index contributed by atoms with van der Waals surface area (Å²) in [5.74, 6) is 1.19. The molecular weight excluding hydrogens is 194 g/mol. The fraction of sp³-hybridized carbons (Fsp3) is 0.400. The molecule has 2 atom stereocenters. The zero-order valence-electron chi connectivity index (χ0n) is 10.3. The van der Waals surface area contributed by atoms with Crippen molar-refractivity contribution in [3.8, 4) is 0 Å². The Hall–Kier alpha value is -1.37. The second kappa shape index (κ2) is 4.25. The van der Waals surface area contributed by atoms with Gasteiger partial charge in [-0.25, -0.2) is 0 Å². The van der Waals surface area contributed by atoms with Gasteiger partial charge in [0.15, 0.2) is 0 Å². The standard InChI is InChI=1S/C15H19N/c1-5-13-8-14(12(4)11(13)3)15-7-6-10(2)9-16-15/h5-7,9,11,13H,1,8H2,2-4H3/t11-,13-/m1/s1. The summed E-state index contributed by atoms with van der Waals surface area (Å²) in [5.41, 5.74) is 5.24. The van der Waals surface area contributed by atoms with Gasteiger partial charge in [-0.05, 0) is 49.3 Å². The van der Waals surface area contributed by atoms with Crippen LogP contribution in [0.25, 0.3) is 5.57 Å². The summed E-state index contributed by atoms with van der Waals surface area (Å²) in [7, 11) is 0. The first-order valence-corrected chi connectivity index (χ1v) is 5.88. The molecule has 1 nitrogen and oxygen atoms in total. The minimum atomic E-state index is 0.582. The molecule has 1 heteroatoms. The van der Waals surface area contributed by atoms with Crippen LogP contribution in [0.15, 0.2) is 36.6 Å². The molecule has 0 radical (unpaired) electrons. The molecule has 0 unspecified atom stereocenters. The van der Waals surface area contributed by atoms with Crippen molar-refractivity contribution in [2.24, 2.45) is 11.8 Å². The maximum Gasteiger partial charge on any atom is 0.0661 e. The van der Waals surface area contributed by atoms with Gasteiger partial charge in [0.1, 0.15) is 0 Å². The van der Waals surface area contributed by atoms with Crippen molar-refractivity contribution in [2.75, 3.05) is 0 Å².